The summed E-state index contributed by atoms with van der Waals surface area (Å²) in [6, 6.07) is 8.39. The average Bonchev–Trinajstić information content (AvgIpc) is 2.53. The van der Waals surface area contributed by atoms with Crippen LogP contribution in [0.5, 0.6) is 0 Å². The number of halogens is 2. The molecule has 0 saturated heterocycles. The zero-order valence-corrected chi connectivity index (χ0v) is 15.5. The number of amides is 1. The average molecular weight is 382 g/mol. The molecule has 26 heavy (non-hydrogen) atoms. The fourth-order valence-corrected chi connectivity index (χ4v) is 3.31. The molecule has 140 valence electrons. The molecule has 8 heteroatoms. The molecule has 0 aliphatic carbocycles. The first-order valence-electron chi connectivity index (χ1n) is 7.88. The second kappa shape index (κ2) is 7.82. The minimum absolute atomic E-state index is 0.150. The summed E-state index contributed by atoms with van der Waals surface area (Å²) in [6.07, 6.45) is 0.782. The fraction of sp³-hybridized carbons (Fsp3) is 0.278. The Morgan fingerprint density at radius 2 is 1.69 bits per heavy atom. The maximum absolute atomic E-state index is 13.6. The Bertz CT molecular complexity index is 910. The van der Waals surface area contributed by atoms with Crippen LogP contribution >= 0.6 is 0 Å². The van der Waals surface area contributed by atoms with E-state index in [1.54, 1.807) is 18.2 Å². The summed E-state index contributed by atoms with van der Waals surface area (Å²) in [5.41, 5.74) is 1.80. The Morgan fingerprint density at radius 3 is 2.23 bits per heavy atom. The van der Waals surface area contributed by atoms with E-state index < -0.39 is 33.3 Å². The molecular weight excluding hydrogens is 362 g/mol. The van der Waals surface area contributed by atoms with E-state index in [2.05, 4.69) is 5.32 Å². The summed E-state index contributed by atoms with van der Waals surface area (Å²) in [5, 5.41) is 2.15. The predicted molar refractivity (Wildman–Crippen MR) is 97.7 cm³/mol. The largest absolute Gasteiger partial charge is 0.321 e. The van der Waals surface area contributed by atoms with Gasteiger partial charge in [0.15, 0.2) is 0 Å². The fourth-order valence-electron chi connectivity index (χ4n) is 2.39. The van der Waals surface area contributed by atoms with Gasteiger partial charge in [-0.05, 0) is 49.2 Å². The van der Waals surface area contributed by atoms with Gasteiger partial charge in [-0.1, -0.05) is 12.1 Å². The molecule has 2 aromatic rings. The maximum Gasteiger partial charge on any atom is 0.232 e. The van der Waals surface area contributed by atoms with Crippen LogP contribution < -0.4 is 9.62 Å². The van der Waals surface area contributed by atoms with Crippen molar-refractivity contribution in [2.24, 2.45) is 0 Å². The van der Waals surface area contributed by atoms with Gasteiger partial charge in [0.25, 0.3) is 0 Å². The van der Waals surface area contributed by atoms with E-state index >= 15 is 0 Å². The number of hydrogen-bond donors (Lipinski definition) is 1. The molecule has 0 radical (unpaired) electrons. The highest BCUT2D eigenvalue weighted by Crippen LogP contribution is 2.22. The van der Waals surface area contributed by atoms with Crippen molar-refractivity contribution in [2.75, 3.05) is 22.4 Å². The van der Waals surface area contributed by atoms with Crippen LogP contribution in [0.3, 0.4) is 0 Å². The van der Waals surface area contributed by atoms with Gasteiger partial charge in [0.2, 0.25) is 15.9 Å². The van der Waals surface area contributed by atoms with Crippen molar-refractivity contribution in [1.82, 2.24) is 0 Å². The first kappa shape index (κ1) is 19.8. The van der Waals surface area contributed by atoms with Gasteiger partial charge in [0, 0.05) is 13.0 Å². The van der Waals surface area contributed by atoms with Gasteiger partial charge < -0.3 is 5.32 Å². The topological polar surface area (TPSA) is 66.5 Å². The molecule has 2 aromatic carbocycles. The molecule has 0 bridgehead atoms. The number of para-hydroxylation sites is 1. The first-order valence-corrected chi connectivity index (χ1v) is 9.73. The Kier molecular flexibility index (Phi) is 5.97. The molecule has 0 unspecified atom stereocenters. The van der Waals surface area contributed by atoms with E-state index in [0.717, 1.165) is 33.8 Å². The number of hydrogen-bond acceptors (Lipinski definition) is 3. The molecule has 0 saturated carbocycles. The minimum Gasteiger partial charge on any atom is -0.321 e. The number of nitrogens with zero attached hydrogens (tertiary/aromatic N) is 1. The van der Waals surface area contributed by atoms with Crippen LogP contribution in [0, 0.1) is 25.5 Å². The highest BCUT2D eigenvalue weighted by Gasteiger charge is 2.20. The minimum atomic E-state index is -3.63. The second-order valence-electron chi connectivity index (χ2n) is 6.00. The summed E-state index contributed by atoms with van der Waals surface area (Å²) in [5.74, 6) is -2.48. The van der Waals surface area contributed by atoms with Crippen molar-refractivity contribution in [1.29, 1.82) is 0 Å². The van der Waals surface area contributed by atoms with Crippen molar-refractivity contribution in [3.8, 4) is 0 Å². The Morgan fingerprint density at radius 1 is 1.08 bits per heavy atom. The SMILES string of the molecule is Cc1ccc(N(CCC(=O)Nc2c(F)cccc2F)S(C)(=O)=O)cc1C. The third-order valence-electron chi connectivity index (χ3n) is 3.95. The number of sulfonamides is 1. The summed E-state index contributed by atoms with van der Waals surface area (Å²) in [6.45, 7) is 3.61. The number of carbonyl (C=O) groups excluding carboxylic acids is 1. The molecule has 0 aliphatic rings. The standard InChI is InChI=1S/C18H20F2N2O3S/c1-12-7-8-14(11-13(12)2)22(26(3,24)25)10-9-17(23)21-18-15(19)5-4-6-16(18)20/h4-8,11H,9-10H2,1-3H3,(H,21,23). The van der Waals surface area contributed by atoms with Crippen LogP contribution in [0.1, 0.15) is 17.5 Å². The van der Waals surface area contributed by atoms with Crippen LogP contribution in [0.15, 0.2) is 36.4 Å². The van der Waals surface area contributed by atoms with E-state index in [-0.39, 0.29) is 13.0 Å². The van der Waals surface area contributed by atoms with Crippen molar-refractivity contribution >= 4 is 27.3 Å². The quantitative estimate of drug-likeness (QED) is 0.833. The summed E-state index contributed by atoms with van der Waals surface area (Å²) in [4.78, 5) is 12.0. The Labute approximate surface area is 151 Å². The number of anilines is 2. The number of rotatable bonds is 6. The molecule has 0 aromatic heterocycles. The monoisotopic (exact) mass is 382 g/mol. The summed E-state index contributed by atoms with van der Waals surface area (Å²) in [7, 11) is -3.63. The van der Waals surface area contributed by atoms with Crippen molar-refractivity contribution in [3.63, 3.8) is 0 Å². The highest BCUT2D eigenvalue weighted by molar-refractivity contribution is 7.92. The second-order valence-corrected chi connectivity index (χ2v) is 7.91. The Balaban J connectivity index is 2.15. The van der Waals surface area contributed by atoms with Gasteiger partial charge >= 0.3 is 0 Å². The van der Waals surface area contributed by atoms with Gasteiger partial charge in [-0.3, -0.25) is 9.10 Å². The van der Waals surface area contributed by atoms with E-state index in [1.165, 1.54) is 6.07 Å². The van der Waals surface area contributed by atoms with Gasteiger partial charge in [-0.25, -0.2) is 17.2 Å². The van der Waals surface area contributed by atoms with Crippen LogP contribution in [0.2, 0.25) is 0 Å². The van der Waals surface area contributed by atoms with Crippen molar-refractivity contribution < 1.29 is 22.0 Å². The third-order valence-corrected chi connectivity index (χ3v) is 5.14. The van der Waals surface area contributed by atoms with E-state index in [4.69, 9.17) is 0 Å². The molecule has 5 nitrogen and oxygen atoms in total. The smallest absolute Gasteiger partial charge is 0.232 e. The zero-order chi connectivity index (χ0) is 19.5. The third kappa shape index (κ3) is 4.78. The Hall–Kier alpha value is -2.48. The number of carbonyl (C=O) groups is 1. The molecule has 0 spiro atoms. The van der Waals surface area contributed by atoms with Crippen molar-refractivity contribution in [2.45, 2.75) is 20.3 Å². The molecule has 2 rings (SSSR count). The lowest BCUT2D eigenvalue weighted by Crippen LogP contribution is -2.33. The molecule has 1 amide bonds. The lowest BCUT2D eigenvalue weighted by molar-refractivity contribution is -0.116. The van der Waals surface area contributed by atoms with Crippen LogP contribution in [0.4, 0.5) is 20.2 Å². The van der Waals surface area contributed by atoms with Gasteiger partial charge in [0.1, 0.15) is 17.3 Å². The van der Waals surface area contributed by atoms with Crippen LogP contribution in [0.25, 0.3) is 0 Å². The van der Waals surface area contributed by atoms with Gasteiger partial charge in [-0.15, -0.1) is 0 Å². The lowest BCUT2D eigenvalue weighted by Gasteiger charge is -2.23. The zero-order valence-electron chi connectivity index (χ0n) is 14.7. The van der Waals surface area contributed by atoms with Crippen LogP contribution in [-0.2, 0) is 14.8 Å². The summed E-state index contributed by atoms with van der Waals surface area (Å²) >= 11 is 0. The molecule has 0 fully saturated rings. The van der Waals surface area contributed by atoms with E-state index in [0.29, 0.717) is 5.69 Å². The molecular formula is C18H20F2N2O3S. The molecule has 0 aliphatic heterocycles. The van der Waals surface area contributed by atoms with Gasteiger partial charge in [0.05, 0.1) is 11.9 Å². The highest BCUT2D eigenvalue weighted by atomic mass is 32.2. The van der Waals surface area contributed by atoms with E-state index in [9.17, 15) is 22.0 Å². The summed E-state index contributed by atoms with van der Waals surface area (Å²) < 4.78 is 52.4. The predicted octanol–water partition coefficient (Wildman–Crippen LogP) is 3.38. The maximum atomic E-state index is 13.6. The van der Waals surface area contributed by atoms with E-state index in [1.807, 2.05) is 13.8 Å². The molecule has 0 atom stereocenters. The molecule has 1 N–H and O–H groups in total. The number of aryl methyl sites for hydroxylation is 2. The van der Waals surface area contributed by atoms with Gasteiger partial charge in [-0.2, -0.15) is 0 Å². The normalized spacial score (nSPS) is 11.3. The lowest BCUT2D eigenvalue weighted by atomic mass is 10.1. The number of benzene rings is 2. The number of nitrogens with one attached hydrogen (secondary N) is 1. The van der Waals surface area contributed by atoms with Crippen LogP contribution in [-0.4, -0.2) is 27.1 Å². The molecule has 0 heterocycles. The van der Waals surface area contributed by atoms with Crippen molar-refractivity contribution in [3.05, 3.63) is 59.2 Å². The first-order chi connectivity index (χ1) is 12.1.